The minimum atomic E-state index is -0.0876. The molecule has 1 fully saturated rings. The van der Waals surface area contributed by atoms with Crippen molar-refractivity contribution >= 4 is 17.5 Å². The molecule has 2 amide bonds. The molecule has 20 heavy (non-hydrogen) atoms. The van der Waals surface area contributed by atoms with Crippen LogP contribution in [0.4, 0.5) is 5.69 Å². The molecule has 1 aromatic rings. The zero-order valence-corrected chi connectivity index (χ0v) is 11.4. The van der Waals surface area contributed by atoms with E-state index < -0.39 is 0 Å². The van der Waals surface area contributed by atoms with Crippen LogP contribution in [0, 0.1) is 17.2 Å². The third-order valence-corrected chi connectivity index (χ3v) is 3.27. The largest absolute Gasteiger partial charge is 0.354 e. The van der Waals surface area contributed by atoms with E-state index in [9.17, 15) is 9.59 Å². The SMILES string of the molecule is CC(=O)N(CCNC(=O)C1CC1)c1ccc(C#N)cc1. The van der Waals surface area contributed by atoms with E-state index >= 15 is 0 Å². The lowest BCUT2D eigenvalue weighted by Crippen LogP contribution is -2.38. The lowest BCUT2D eigenvalue weighted by atomic mass is 10.2. The van der Waals surface area contributed by atoms with Crippen molar-refractivity contribution < 1.29 is 9.59 Å². The Hall–Kier alpha value is -2.35. The van der Waals surface area contributed by atoms with Crippen LogP contribution in [0.15, 0.2) is 24.3 Å². The number of hydrogen-bond donors (Lipinski definition) is 1. The molecule has 5 heteroatoms. The highest BCUT2D eigenvalue weighted by Crippen LogP contribution is 2.28. The zero-order chi connectivity index (χ0) is 14.5. The molecule has 0 bridgehead atoms. The summed E-state index contributed by atoms with van der Waals surface area (Å²) in [5.74, 6) is 0.166. The number of amides is 2. The van der Waals surface area contributed by atoms with Gasteiger partial charge in [0.25, 0.3) is 0 Å². The lowest BCUT2D eigenvalue weighted by Gasteiger charge is -2.21. The Morgan fingerprint density at radius 1 is 1.35 bits per heavy atom. The summed E-state index contributed by atoms with van der Waals surface area (Å²) in [5, 5.41) is 11.6. The van der Waals surface area contributed by atoms with Gasteiger partial charge in [0.15, 0.2) is 0 Å². The van der Waals surface area contributed by atoms with Crippen LogP contribution >= 0.6 is 0 Å². The fraction of sp³-hybridized carbons (Fsp3) is 0.400. The number of nitriles is 1. The first kappa shape index (κ1) is 14.1. The van der Waals surface area contributed by atoms with Crippen molar-refractivity contribution in [3.8, 4) is 6.07 Å². The fourth-order valence-electron chi connectivity index (χ4n) is 1.97. The molecule has 1 aliphatic rings. The van der Waals surface area contributed by atoms with Crippen LogP contribution in [0.25, 0.3) is 0 Å². The standard InChI is InChI=1S/C15H17N3O2/c1-11(19)18(9-8-17-15(20)13-4-5-13)14-6-2-12(10-16)3-7-14/h2-3,6-7,13H,4-5,8-9H2,1H3,(H,17,20). The minimum Gasteiger partial charge on any atom is -0.354 e. The molecule has 5 nitrogen and oxygen atoms in total. The van der Waals surface area contributed by atoms with Gasteiger partial charge in [-0.25, -0.2) is 0 Å². The first-order valence-corrected chi connectivity index (χ1v) is 6.68. The van der Waals surface area contributed by atoms with Crippen LogP contribution in [0.3, 0.4) is 0 Å². The Bertz CT molecular complexity index is 541. The van der Waals surface area contributed by atoms with Gasteiger partial charge < -0.3 is 10.2 Å². The summed E-state index contributed by atoms with van der Waals surface area (Å²) >= 11 is 0. The van der Waals surface area contributed by atoms with Crippen molar-refractivity contribution in [1.82, 2.24) is 5.32 Å². The highest BCUT2D eigenvalue weighted by molar-refractivity contribution is 5.91. The number of anilines is 1. The van der Waals surface area contributed by atoms with E-state index in [1.165, 1.54) is 6.92 Å². The molecule has 0 radical (unpaired) electrons. The number of benzene rings is 1. The first-order valence-electron chi connectivity index (χ1n) is 6.68. The highest BCUT2D eigenvalue weighted by atomic mass is 16.2. The molecule has 0 atom stereocenters. The molecule has 104 valence electrons. The second-order valence-electron chi connectivity index (χ2n) is 4.89. The summed E-state index contributed by atoms with van der Waals surface area (Å²) < 4.78 is 0. The van der Waals surface area contributed by atoms with E-state index in [1.807, 2.05) is 6.07 Å². The topological polar surface area (TPSA) is 73.2 Å². The van der Waals surface area contributed by atoms with Crippen molar-refractivity contribution in [2.45, 2.75) is 19.8 Å². The van der Waals surface area contributed by atoms with Gasteiger partial charge >= 0.3 is 0 Å². The Kier molecular flexibility index (Phi) is 4.36. The van der Waals surface area contributed by atoms with Crippen molar-refractivity contribution in [2.24, 2.45) is 5.92 Å². The number of carbonyl (C=O) groups is 2. The van der Waals surface area contributed by atoms with Gasteiger partial charge in [0.1, 0.15) is 0 Å². The smallest absolute Gasteiger partial charge is 0.223 e. The summed E-state index contributed by atoms with van der Waals surface area (Å²) in [4.78, 5) is 24.8. The summed E-state index contributed by atoms with van der Waals surface area (Å²) in [6.07, 6.45) is 1.94. The number of carbonyl (C=O) groups excluding carboxylic acids is 2. The van der Waals surface area contributed by atoms with Crippen LogP contribution in [0.1, 0.15) is 25.3 Å². The molecule has 1 N–H and O–H groups in total. The summed E-state index contributed by atoms with van der Waals surface area (Å²) in [6, 6.07) is 8.87. The van der Waals surface area contributed by atoms with Gasteiger partial charge in [-0.15, -0.1) is 0 Å². The molecule has 0 unspecified atom stereocenters. The van der Waals surface area contributed by atoms with Gasteiger partial charge in [0, 0.05) is 31.6 Å². The highest BCUT2D eigenvalue weighted by Gasteiger charge is 2.29. The fourth-order valence-corrected chi connectivity index (χ4v) is 1.97. The second kappa shape index (κ2) is 6.20. The van der Waals surface area contributed by atoms with Crippen molar-refractivity contribution in [3.63, 3.8) is 0 Å². The third-order valence-electron chi connectivity index (χ3n) is 3.27. The quantitative estimate of drug-likeness (QED) is 0.880. The van der Waals surface area contributed by atoms with Crippen molar-refractivity contribution in [2.75, 3.05) is 18.0 Å². The maximum atomic E-state index is 11.7. The average molecular weight is 271 g/mol. The van der Waals surface area contributed by atoms with Gasteiger partial charge in [-0.3, -0.25) is 9.59 Å². The number of rotatable bonds is 5. The first-order chi connectivity index (χ1) is 9.61. The zero-order valence-electron chi connectivity index (χ0n) is 11.4. The lowest BCUT2D eigenvalue weighted by molar-refractivity contribution is -0.122. The minimum absolute atomic E-state index is 0.0772. The van der Waals surface area contributed by atoms with E-state index in [4.69, 9.17) is 5.26 Å². The Morgan fingerprint density at radius 3 is 2.50 bits per heavy atom. The molecular weight excluding hydrogens is 254 g/mol. The van der Waals surface area contributed by atoms with E-state index in [1.54, 1.807) is 29.2 Å². The monoisotopic (exact) mass is 271 g/mol. The van der Waals surface area contributed by atoms with Crippen LogP contribution in [-0.4, -0.2) is 24.9 Å². The molecule has 2 rings (SSSR count). The molecule has 0 spiro atoms. The van der Waals surface area contributed by atoms with Crippen LogP contribution < -0.4 is 10.2 Å². The van der Waals surface area contributed by atoms with Crippen LogP contribution in [-0.2, 0) is 9.59 Å². The molecule has 1 aliphatic carbocycles. The predicted molar refractivity (Wildman–Crippen MR) is 74.9 cm³/mol. The number of nitrogens with one attached hydrogen (secondary N) is 1. The maximum Gasteiger partial charge on any atom is 0.223 e. The second-order valence-corrected chi connectivity index (χ2v) is 4.89. The van der Waals surface area contributed by atoms with Crippen LogP contribution in [0.2, 0.25) is 0 Å². The van der Waals surface area contributed by atoms with Gasteiger partial charge in [-0.1, -0.05) is 0 Å². The Labute approximate surface area is 118 Å². The molecule has 0 heterocycles. The molecule has 0 aromatic heterocycles. The third kappa shape index (κ3) is 3.58. The van der Waals surface area contributed by atoms with Crippen molar-refractivity contribution in [1.29, 1.82) is 5.26 Å². The normalized spacial score (nSPS) is 13.4. The van der Waals surface area contributed by atoms with E-state index in [2.05, 4.69) is 5.32 Å². The Morgan fingerprint density at radius 2 is 2.00 bits per heavy atom. The summed E-state index contributed by atoms with van der Waals surface area (Å²) in [7, 11) is 0. The Balaban J connectivity index is 1.93. The number of nitrogens with zero attached hydrogens (tertiary/aromatic N) is 2. The maximum absolute atomic E-state index is 11.7. The predicted octanol–water partition coefficient (Wildman–Crippen LogP) is 1.44. The average Bonchev–Trinajstić information content (AvgIpc) is 3.28. The van der Waals surface area contributed by atoms with Gasteiger partial charge in [-0.2, -0.15) is 5.26 Å². The number of hydrogen-bond acceptors (Lipinski definition) is 3. The summed E-state index contributed by atoms with van der Waals surface area (Å²) in [6.45, 7) is 2.36. The van der Waals surface area contributed by atoms with E-state index in [0.717, 1.165) is 18.5 Å². The molecule has 1 aromatic carbocycles. The van der Waals surface area contributed by atoms with Crippen molar-refractivity contribution in [3.05, 3.63) is 29.8 Å². The molecular formula is C15H17N3O2. The van der Waals surface area contributed by atoms with Gasteiger partial charge in [0.2, 0.25) is 11.8 Å². The van der Waals surface area contributed by atoms with Gasteiger partial charge in [-0.05, 0) is 37.1 Å². The molecule has 0 saturated heterocycles. The molecule has 0 aliphatic heterocycles. The van der Waals surface area contributed by atoms with E-state index in [0.29, 0.717) is 18.7 Å². The summed E-state index contributed by atoms with van der Waals surface area (Å²) in [5.41, 5.74) is 1.29. The molecule has 1 saturated carbocycles. The van der Waals surface area contributed by atoms with E-state index in [-0.39, 0.29) is 17.7 Å². The van der Waals surface area contributed by atoms with Crippen LogP contribution in [0.5, 0.6) is 0 Å². The van der Waals surface area contributed by atoms with Gasteiger partial charge in [0.05, 0.1) is 11.6 Å².